The molecule has 0 bridgehead atoms. The van der Waals surface area contributed by atoms with E-state index in [1.165, 1.54) is 11.8 Å². The van der Waals surface area contributed by atoms with E-state index in [0.717, 1.165) is 0 Å². The fourth-order valence-electron chi connectivity index (χ4n) is 2.44. The zero-order valence-electron chi connectivity index (χ0n) is 8.98. The van der Waals surface area contributed by atoms with Gasteiger partial charge in [0.05, 0.1) is 0 Å². The highest BCUT2D eigenvalue weighted by Gasteiger charge is 2.51. The third-order valence-corrected chi connectivity index (χ3v) is 3.08. The maximum atomic E-state index is 11.6. The van der Waals surface area contributed by atoms with Gasteiger partial charge in [-0.2, -0.15) is 0 Å². The standard InChI is InChI=1S/C8H12N6O3/c1-2(15)14-5-3(10-7(16)12-5)9-4-6(14)13-8(17)11-4/h3-6,9H,1H3,(H2,10,12,16)(H2,11,13,17)/t3-,4-,5+,6+/m0/s1. The molecular formula is C8H12N6O3. The van der Waals surface area contributed by atoms with Crippen LogP contribution in [-0.4, -0.2) is 47.5 Å². The molecule has 3 saturated heterocycles. The van der Waals surface area contributed by atoms with Crippen LogP contribution in [0, 0.1) is 0 Å². The van der Waals surface area contributed by atoms with Crippen molar-refractivity contribution in [3.8, 4) is 0 Å². The zero-order chi connectivity index (χ0) is 12.2. The first-order valence-corrected chi connectivity index (χ1v) is 5.25. The van der Waals surface area contributed by atoms with Crippen molar-refractivity contribution in [1.29, 1.82) is 0 Å². The lowest BCUT2D eigenvalue weighted by Crippen LogP contribution is -2.73. The largest absolute Gasteiger partial charge is 0.319 e. The minimum absolute atomic E-state index is 0.218. The van der Waals surface area contributed by atoms with Gasteiger partial charge in [-0.25, -0.2) is 9.59 Å². The Morgan fingerprint density at radius 2 is 1.47 bits per heavy atom. The summed E-state index contributed by atoms with van der Waals surface area (Å²) in [6.45, 7) is 1.40. The summed E-state index contributed by atoms with van der Waals surface area (Å²) in [7, 11) is 0. The summed E-state index contributed by atoms with van der Waals surface area (Å²) in [5, 5.41) is 13.6. The van der Waals surface area contributed by atoms with Crippen LogP contribution in [0.2, 0.25) is 0 Å². The van der Waals surface area contributed by atoms with E-state index in [1.54, 1.807) is 0 Å². The molecule has 5 amide bonds. The highest BCUT2D eigenvalue weighted by Crippen LogP contribution is 2.19. The molecule has 3 aliphatic heterocycles. The van der Waals surface area contributed by atoms with Gasteiger partial charge in [-0.15, -0.1) is 0 Å². The molecule has 5 N–H and O–H groups in total. The van der Waals surface area contributed by atoms with Crippen LogP contribution in [-0.2, 0) is 4.79 Å². The summed E-state index contributed by atoms with van der Waals surface area (Å²) in [5.74, 6) is -0.218. The van der Waals surface area contributed by atoms with Crippen molar-refractivity contribution in [1.82, 2.24) is 31.5 Å². The average Bonchev–Trinajstić information content (AvgIpc) is 2.73. The molecule has 9 nitrogen and oxygen atoms in total. The van der Waals surface area contributed by atoms with Gasteiger partial charge in [0, 0.05) is 6.92 Å². The molecule has 0 spiro atoms. The predicted octanol–water partition coefficient (Wildman–Crippen LogP) is -2.63. The number of urea groups is 2. The predicted molar refractivity (Wildman–Crippen MR) is 54.1 cm³/mol. The summed E-state index contributed by atoms with van der Waals surface area (Å²) in [5.41, 5.74) is 0. The molecule has 3 rings (SSSR count). The number of rotatable bonds is 0. The molecule has 0 aromatic carbocycles. The average molecular weight is 240 g/mol. The van der Waals surface area contributed by atoms with Crippen LogP contribution < -0.4 is 26.6 Å². The summed E-state index contributed by atoms with van der Waals surface area (Å²) >= 11 is 0. The maximum Gasteiger partial charge on any atom is 0.317 e. The fourth-order valence-corrected chi connectivity index (χ4v) is 2.44. The second-order valence-corrected chi connectivity index (χ2v) is 4.17. The van der Waals surface area contributed by atoms with Crippen LogP contribution in [0.15, 0.2) is 0 Å². The molecular weight excluding hydrogens is 228 g/mol. The van der Waals surface area contributed by atoms with Crippen molar-refractivity contribution in [3.05, 3.63) is 0 Å². The molecule has 0 aromatic heterocycles. The van der Waals surface area contributed by atoms with E-state index < -0.39 is 24.7 Å². The quantitative estimate of drug-likeness (QED) is 0.318. The molecule has 0 unspecified atom stereocenters. The Kier molecular flexibility index (Phi) is 1.93. The number of fused-ring (bicyclic) bond motifs is 2. The highest BCUT2D eigenvalue weighted by molar-refractivity contribution is 5.83. The first-order chi connectivity index (χ1) is 8.06. The monoisotopic (exact) mass is 240 g/mol. The lowest BCUT2D eigenvalue weighted by atomic mass is 10.2. The first-order valence-electron chi connectivity index (χ1n) is 5.25. The third kappa shape index (κ3) is 1.39. The van der Waals surface area contributed by atoms with E-state index >= 15 is 0 Å². The van der Waals surface area contributed by atoms with E-state index in [0.29, 0.717) is 0 Å². The Labute approximate surface area is 96.3 Å². The second-order valence-electron chi connectivity index (χ2n) is 4.17. The van der Waals surface area contributed by atoms with Gasteiger partial charge in [-0.3, -0.25) is 15.0 Å². The number of nitrogens with one attached hydrogen (secondary N) is 5. The molecule has 9 heteroatoms. The van der Waals surface area contributed by atoms with Crippen molar-refractivity contribution in [2.45, 2.75) is 31.6 Å². The molecule has 0 aliphatic carbocycles. The summed E-state index contributed by atoms with van der Waals surface area (Å²) in [6, 6.07) is -0.685. The Morgan fingerprint density at radius 1 is 1.00 bits per heavy atom. The molecule has 3 aliphatic rings. The number of carbonyl (C=O) groups excluding carboxylic acids is 3. The summed E-state index contributed by atoms with van der Waals surface area (Å²) in [6.07, 6.45) is -1.82. The first kappa shape index (κ1) is 10.1. The lowest BCUT2D eigenvalue weighted by Gasteiger charge is -2.43. The molecule has 92 valence electrons. The van der Waals surface area contributed by atoms with E-state index in [2.05, 4.69) is 26.6 Å². The van der Waals surface area contributed by atoms with Gasteiger partial charge in [-0.05, 0) is 0 Å². The molecule has 0 saturated carbocycles. The van der Waals surface area contributed by atoms with Crippen LogP contribution in [0.4, 0.5) is 9.59 Å². The van der Waals surface area contributed by atoms with E-state index in [9.17, 15) is 14.4 Å². The van der Waals surface area contributed by atoms with Gasteiger partial charge in [0.15, 0.2) is 0 Å². The molecule has 17 heavy (non-hydrogen) atoms. The Morgan fingerprint density at radius 3 is 1.88 bits per heavy atom. The topological polar surface area (TPSA) is 115 Å². The number of piperazine rings is 1. The van der Waals surface area contributed by atoms with Crippen molar-refractivity contribution < 1.29 is 14.4 Å². The van der Waals surface area contributed by atoms with Gasteiger partial charge in [-0.1, -0.05) is 0 Å². The van der Waals surface area contributed by atoms with Gasteiger partial charge in [0.1, 0.15) is 24.7 Å². The molecule has 0 radical (unpaired) electrons. The molecule has 4 atom stereocenters. The minimum atomic E-state index is -0.499. The van der Waals surface area contributed by atoms with E-state index in [-0.39, 0.29) is 18.0 Å². The van der Waals surface area contributed by atoms with E-state index in [4.69, 9.17) is 0 Å². The van der Waals surface area contributed by atoms with Crippen molar-refractivity contribution >= 4 is 18.0 Å². The third-order valence-electron chi connectivity index (χ3n) is 3.08. The number of hydrogen-bond acceptors (Lipinski definition) is 4. The number of hydrogen-bond donors (Lipinski definition) is 5. The number of amides is 5. The van der Waals surface area contributed by atoms with E-state index in [1.807, 2.05) is 0 Å². The van der Waals surface area contributed by atoms with Crippen molar-refractivity contribution in [3.63, 3.8) is 0 Å². The van der Waals surface area contributed by atoms with Crippen molar-refractivity contribution in [2.24, 2.45) is 0 Å². The normalized spacial score (nSPS) is 38.5. The molecule has 0 aromatic rings. The van der Waals surface area contributed by atoms with Crippen LogP contribution in [0.5, 0.6) is 0 Å². The molecule has 3 fully saturated rings. The highest BCUT2D eigenvalue weighted by atomic mass is 16.2. The van der Waals surface area contributed by atoms with Gasteiger partial charge >= 0.3 is 12.1 Å². The van der Waals surface area contributed by atoms with Crippen LogP contribution in [0.25, 0.3) is 0 Å². The maximum absolute atomic E-state index is 11.6. The summed E-state index contributed by atoms with van der Waals surface area (Å²) < 4.78 is 0. The minimum Gasteiger partial charge on any atom is -0.319 e. The van der Waals surface area contributed by atoms with Crippen LogP contribution >= 0.6 is 0 Å². The fraction of sp³-hybridized carbons (Fsp3) is 0.625. The summed E-state index contributed by atoms with van der Waals surface area (Å²) in [4.78, 5) is 35.6. The SMILES string of the molecule is CC(=O)N1[C@H]2NC(=O)N[C@@H]2N[C@H]2NC(=O)N[C@@H]21. The van der Waals surface area contributed by atoms with Crippen LogP contribution in [0.3, 0.4) is 0 Å². The number of carbonyl (C=O) groups is 3. The number of nitrogens with zero attached hydrogens (tertiary/aromatic N) is 1. The van der Waals surface area contributed by atoms with Gasteiger partial charge in [0.25, 0.3) is 0 Å². The van der Waals surface area contributed by atoms with Gasteiger partial charge < -0.3 is 21.3 Å². The van der Waals surface area contributed by atoms with Crippen LogP contribution in [0.1, 0.15) is 6.92 Å². The lowest BCUT2D eigenvalue weighted by molar-refractivity contribution is -0.138. The smallest absolute Gasteiger partial charge is 0.317 e. The zero-order valence-corrected chi connectivity index (χ0v) is 8.98. The Balaban J connectivity index is 1.92. The second kappa shape index (κ2) is 3.23. The Hall–Kier alpha value is -2.03. The Bertz CT molecular complexity index is 382. The van der Waals surface area contributed by atoms with Gasteiger partial charge in [0.2, 0.25) is 5.91 Å². The molecule has 3 heterocycles. The van der Waals surface area contributed by atoms with Crippen molar-refractivity contribution in [2.75, 3.05) is 0 Å².